The number of aromatic nitrogens is 1. The monoisotopic (exact) mass is 285 g/mol. The van der Waals surface area contributed by atoms with E-state index in [2.05, 4.69) is 4.98 Å². The summed E-state index contributed by atoms with van der Waals surface area (Å²) in [5.41, 5.74) is 2.66. The van der Waals surface area contributed by atoms with Gasteiger partial charge in [-0.3, -0.25) is 4.79 Å². The maximum Gasteiger partial charge on any atom is 0.315 e. The second-order valence-corrected chi connectivity index (χ2v) is 4.77. The molecular formula is C16H12FNO3. The van der Waals surface area contributed by atoms with Gasteiger partial charge in [0.05, 0.1) is 0 Å². The van der Waals surface area contributed by atoms with Gasteiger partial charge in [0.1, 0.15) is 17.3 Å². The summed E-state index contributed by atoms with van der Waals surface area (Å²) >= 11 is 0. The van der Waals surface area contributed by atoms with Gasteiger partial charge in [0.25, 0.3) is 0 Å². The molecule has 1 unspecified atom stereocenters. The van der Waals surface area contributed by atoms with Crippen LogP contribution in [-0.2, 0) is 4.79 Å². The topological polar surface area (TPSA) is 63.3 Å². The van der Waals surface area contributed by atoms with Gasteiger partial charge in [0.15, 0.2) is 5.58 Å². The summed E-state index contributed by atoms with van der Waals surface area (Å²) in [6.45, 7) is 1.52. The second kappa shape index (κ2) is 5.01. The molecule has 106 valence electrons. The molecule has 21 heavy (non-hydrogen) atoms. The van der Waals surface area contributed by atoms with Gasteiger partial charge in [-0.25, -0.2) is 9.37 Å². The molecule has 0 saturated carbocycles. The molecule has 1 aromatic heterocycles. The Balaban J connectivity index is 2.15. The minimum Gasteiger partial charge on any atom is -0.481 e. The van der Waals surface area contributed by atoms with Gasteiger partial charge in [-0.05, 0) is 30.7 Å². The average Bonchev–Trinajstić information content (AvgIpc) is 2.91. The molecule has 5 heteroatoms. The van der Waals surface area contributed by atoms with Crippen molar-refractivity contribution in [3.63, 3.8) is 0 Å². The van der Waals surface area contributed by atoms with Crippen LogP contribution >= 0.6 is 0 Å². The van der Waals surface area contributed by atoms with E-state index < -0.39 is 11.9 Å². The lowest BCUT2D eigenvalue weighted by molar-refractivity contribution is -0.138. The molecule has 2 aromatic carbocycles. The maximum absolute atomic E-state index is 13.0. The number of carboxylic acid groups (broad SMARTS) is 1. The zero-order valence-electron chi connectivity index (χ0n) is 11.2. The van der Waals surface area contributed by atoms with E-state index in [0.717, 1.165) is 11.1 Å². The highest BCUT2D eigenvalue weighted by Crippen LogP contribution is 2.30. The van der Waals surface area contributed by atoms with E-state index in [0.29, 0.717) is 11.1 Å². The summed E-state index contributed by atoms with van der Waals surface area (Å²) in [6, 6.07) is 11.4. The van der Waals surface area contributed by atoms with Crippen molar-refractivity contribution in [2.24, 2.45) is 0 Å². The smallest absolute Gasteiger partial charge is 0.315 e. The fourth-order valence-electron chi connectivity index (χ4n) is 2.12. The largest absolute Gasteiger partial charge is 0.481 e. The number of para-hydroxylation sites is 1. The average molecular weight is 285 g/mol. The van der Waals surface area contributed by atoms with Crippen molar-refractivity contribution in [3.05, 3.63) is 54.2 Å². The highest BCUT2D eigenvalue weighted by atomic mass is 19.1. The van der Waals surface area contributed by atoms with Crippen molar-refractivity contribution in [2.75, 3.05) is 0 Å². The Morgan fingerprint density at radius 2 is 1.95 bits per heavy atom. The number of aliphatic carboxylic acids is 1. The summed E-state index contributed by atoms with van der Waals surface area (Å²) in [4.78, 5) is 15.3. The fourth-order valence-corrected chi connectivity index (χ4v) is 2.12. The summed E-state index contributed by atoms with van der Waals surface area (Å²) in [7, 11) is 0. The third-order valence-electron chi connectivity index (χ3n) is 3.33. The van der Waals surface area contributed by atoms with E-state index >= 15 is 0 Å². The maximum atomic E-state index is 13.0. The lowest BCUT2D eigenvalue weighted by Gasteiger charge is -2.01. The lowest BCUT2D eigenvalue weighted by atomic mass is 10.0. The van der Waals surface area contributed by atoms with Crippen molar-refractivity contribution >= 4 is 17.1 Å². The van der Waals surface area contributed by atoms with Crippen LogP contribution in [0.4, 0.5) is 4.39 Å². The zero-order chi connectivity index (χ0) is 15.0. The Labute approximate surface area is 119 Å². The number of nitrogens with zero attached hydrogens (tertiary/aromatic N) is 1. The molecule has 0 aliphatic carbocycles. The van der Waals surface area contributed by atoms with Crippen LogP contribution < -0.4 is 0 Å². The van der Waals surface area contributed by atoms with Crippen molar-refractivity contribution in [1.29, 1.82) is 0 Å². The number of benzene rings is 2. The predicted molar refractivity (Wildman–Crippen MR) is 75.5 cm³/mol. The molecule has 1 atom stereocenters. The Bertz CT molecular complexity index is 808. The molecule has 1 heterocycles. The number of rotatable bonds is 3. The molecule has 4 nitrogen and oxygen atoms in total. The summed E-state index contributed by atoms with van der Waals surface area (Å²) in [5, 5.41) is 9.04. The van der Waals surface area contributed by atoms with E-state index in [4.69, 9.17) is 9.52 Å². The van der Waals surface area contributed by atoms with Crippen molar-refractivity contribution in [3.8, 4) is 11.1 Å². The van der Waals surface area contributed by atoms with Crippen LogP contribution in [0.2, 0.25) is 0 Å². The van der Waals surface area contributed by atoms with Crippen LogP contribution in [0.1, 0.15) is 18.7 Å². The summed E-state index contributed by atoms with van der Waals surface area (Å²) in [6.07, 6.45) is 0. The molecule has 1 N–H and O–H groups in total. The number of carbonyl (C=O) groups is 1. The number of hydrogen-bond acceptors (Lipinski definition) is 3. The van der Waals surface area contributed by atoms with Gasteiger partial charge in [-0.2, -0.15) is 0 Å². The van der Waals surface area contributed by atoms with Gasteiger partial charge in [0.2, 0.25) is 5.89 Å². The minimum atomic E-state index is -0.995. The summed E-state index contributed by atoms with van der Waals surface area (Å²) in [5.74, 6) is -1.97. The van der Waals surface area contributed by atoms with Gasteiger partial charge in [0, 0.05) is 5.56 Å². The van der Waals surface area contributed by atoms with Crippen LogP contribution in [-0.4, -0.2) is 16.1 Å². The molecule has 0 aliphatic rings. The molecule has 3 aromatic rings. The second-order valence-electron chi connectivity index (χ2n) is 4.77. The van der Waals surface area contributed by atoms with E-state index in [1.54, 1.807) is 24.3 Å². The summed E-state index contributed by atoms with van der Waals surface area (Å²) < 4.78 is 18.5. The standard InChI is InChI=1S/C16H12FNO3/c1-9(16(19)20)15-18-14-12(3-2-4-13(14)21-15)10-5-7-11(17)8-6-10/h2-9H,1H3,(H,19,20). The van der Waals surface area contributed by atoms with E-state index in [9.17, 15) is 9.18 Å². The number of carboxylic acids is 1. The van der Waals surface area contributed by atoms with E-state index in [1.165, 1.54) is 19.1 Å². The molecule has 3 rings (SSSR count). The number of hydrogen-bond donors (Lipinski definition) is 1. The van der Waals surface area contributed by atoms with Crippen LogP contribution in [0.25, 0.3) is 22.2 Å². The van der Waals surface area contributed by atoms with Gasteiger partial charge in [-0.1, -0.05) is 24.3 Å². The molecule has 0 saturated heterocycles. The highest BCUT2D eigenvalue weighted by Gasteiger charge is 2.21. The molecule has 0 spiro atoms. The first kappa shape index (κ1) is 13.3. The molecule has 0 bridgehead atoms. The van der Waals surface area contributed by atoms with Crippen LogP contribution in [0.5, 0.6) is 0 Å². The molecule has 0 radical (unpaired) electrons. The molecule has 0 fully saturated rings. The molecular weight excluding hydrogens is 273 g/mol. The van der Waals surface area contributed by atoms with Gasteiger partial charge >= 0.3 is 5.97 Å². The zero-order valence-corrected chi connectivity index (χ0v) is 11.2. The van der Waals surface area contributed by atoms with Gasteiger partial charge in [-0.15, -0.1) is 0 Å². The van der Waals surface area contributed by atoms with Crippen molar-refractivity contribution < 1.29 is 18.7 Å². The van der Waals surface area contributed by atoms with Crippen LogP contribution in [0, 0.1) is 5.82 Å². The quantitative estimate of drug-likeness (QED) is 0.794. The Hall–Kier alpha value is -2.69. The first-order valence-electron chi connectivity index (χ1n) is 6.44. The fraction of sp³-hybridized carbons (Fsp3) is 0.125. The number of oxazole rings is 1. The number of fused-ring (bicyclic) bond motifs is 1. The lowest BCUT2D eigenvalue weighted by Crippen LogP contribution is -2.07. The third kappa shape index (κ3) is 2.38. The Kier molecular flexibility index (Phi) is 3.17. The first-order valence-corrected chi connectivity index (χ1v) is 6.44. The van der Waals surface area contributed by atoms with E-state index in [-0.39, 0.29) is 11.7 Å². The minimum absolute atomic E-state index is 0.159. The highest BCUT2D eigenvalue weighted by molar-refractivity contribution is 5.91. The number of halogens is 1. The molecule has 0 aliphatic heterocycles. The Morgan fingerprint density at radius 1 is 1.24 bits per heavy atom. The third-order valence-corrected chi connectivity index (χ3v) is 3.33. The van der Waals surface area contributed by atoms with E-state index in [1.807, 2.05) is 6.07 Å². The van der Waals surface area contributed by atoms with Crippen molar-refractivity contribution in [1.82, 2.24) is 4.98 Å². The predicted octanol–water partition coefficient (Wildman–Crippen LogP) is 3.82. The van der Waals surface area contributed by atoms with Crippen LogP contribution in [0.15, 0.2) is 46.9 Å². The SMILES string of the molecule is CC(C(=O)O)c1nc2c(-c3ccc(F)cc3)cccc2o1. The Morgan fingerprint density at radius 3 is 2.62 bits per heavy atom. The van der Waals surface area contributed by atoms with Crippen molar-refractivity contribution in [2.45, 2.75) is 12.8 Å². The van der Waals surface area contributed by atoms with Gasteiger partial charge < -0.3 is 9.52 Å². The first-order chi connectivity index (χ1) is 10.1. The van der Waals surface area contributed by atoms with Crippen LogP contribution in [0.3, 0.4) is 0 Å². The normalized spacial score (nSPS) is 12.5. The molecule has 0 amide bonds.